The summed E-state index contributed by atoms with van der Waals surface area (Å²) in [6.07, 6.45) is 1.73. The SMILES string of the molecule is Brc1ccc(CNc2cccnc2Br)o1. The molecule has 0 saturated heterocycles. The van der Waals surface area contributed by atoms with Crippen molar-refractivity contribution >= 4 is 37.5 Å². The van der Waals surface area contributed by atoms with Crippen molar-refractivity contribution in [2.24, 2.45) is 0 Å². The molecule has 0 bridgehead atoms. The molecule has 0 amide bonds. The molecule has 2 heterocycles. The average Bonchev–Trinajstić information content (AvgIpc) is 2.63. The minimum atomic E-state index is 0.635. The van der Waals surface area contributed by atoms with Crippen molar-refractivity contribution in [3.05, 3.63) is 45.5 Å². The second-order valence-corrected chi connectivity index (χ2v) is 4.43. The van der Waals surface area contributed by atoms with E-state index in [1.54, 1.807) is 6.20 Å². The van der Waals surface area contributed by atoms with Crippen molar-refractivity contribution in [1.82, 2.24) is 4.98 Å². The predicted molar refractivity (Wildman–Crippen MR) is 65.7 cm³/mol. The topological polar surface area (TPSA) is 38.1 Å². The van der Waals surface area contributed by atoms with Crippen molar-refractivity contribution in [2.75, 3.05) is 5.32 Å². The van der Waals surface area contributed by atoms with Crippen LogP contribution in [0.1, 0.15) is 5.76 Å². The summed E-state index contributed by atoms with van der Waals surface area (Å²) in [7, 11) is 0. The lowest BCUT2D eigenvalue weighted by Crippen LogP contribution is -1.99. The van der Waals surface area contributed by atoms with Gasteiger partial charge in [-0.3, -0.25) is 0 Å². The third kappa shape index (κ3) is 2.82. The summed E-state index contributed by atoms with van der Waals surface area (Å²) in [6, 6.07) is 7.62. The van der Waals surface area contributed by atoms with Gasteiger partial charge in [-0.2, -0.15) is 0 Å². The Morgan fingerprint density at radius 1 is 1.27 bits per heavy atom. The Balaban J connectivity index is 2.02. The highest BCUT2D eigenvalue weighted by Gasteiger charge is 2.01. The molecule has 15 heavy (non-hydrogen) atoms. The molecule has 2 aromatic heterocycles. The first-order valence-corrected chi connectivity index (χ1v) is 5.93. The van der Waals surface area contributed by atoms with Crippen molar-refractivity contribution in [3.63, 3.8) is 0 Å². The fourth-order valence-corrected chi connectivity index (χ4v) is 1.88. The van der Waals surface area contributed by atoms with Gasteiger partial charge in [-0.15, -0.1) is 0 Å². The summed E-state index contributed by atoms with van der Waals surface area (Å²) in [5.41, 5.74) is 0.949. The molecule has 0 aliphatic carbocycles. The van der Waals surface area contributed by atoms with Gasteiger partial charge in [-0.1, -0.05) is 0 Å². The van der Waals surface area contributed by atoms with Gasteiger partial charge in [-0.25, -0.2) is 4.98 Å². The molecule has 5 heteroatoms. The van der Waals surface area contributed by atoms with Crippen LogP contribution in [0.15, 0.2) is 44.2 Å². The average molecular weight is 332 g/mol. The van der Waals surface area contributed by atoms with Gasteiger partial charge >= 0.3 is 0 Å². The van der Waals surface area contributed by atoms with Gasteiger partial charge in [0.05, 0.1) is 12.2 Å². The molecule has 0 aliphatic rings. The molecule has 0 radical (unpaired) electrons. The fourth-order valence-electron chi connectivity index (χ4n) is 1.15. The smallest absolute Gasteiger partial charge is 0.169 e. The monoisotopic (exact) mass is 330 g/mol. The van der Waals surface area contributed by atoms with Gasteiger partial charge < -0.3 is 9.73 Å². The quantitative estimate of drug-likeness (QED) is 0.869. The van der Waals surface area contributed by atoms with Gasteiger partial charge in [0.15, 0.2) is 4.67 Å². The van der Waals surface area contributed by atoms with E-state index in [1.165, 1.54) is 0 Å². The number of anilines is 1. The number of rotatable bonds is 3. The van der Waals surface area contributed by atoms with Crippen LogP contribution in [0.25, 0.3) is 0 Å². The van der Waals surface area contributed by atoms with Crippen LogP contribution in [0.5, 0.6) is 0 Å². The maximum Gasteiger partial charge on any atom is 0.169 e. The molecular formula is C10H8Br2N2O. The minimum absolute atomic E-state index is 0.635. The molecule has 2 aromatic rings. The number of nitrogens with zero attached hydrogens (tertiary/aromatic N) is 1. The van der Waals surface area contributed by atoms with Gasteiger partial charge in [0, 0.05) is 6.20 Å². The van der Waals surface area contributed by atoms with E-state index in [1.807, 2.05) is 24.3 Å². The van der Waals surface area contributed by atoms with Crippen LogP contribution in [0, 0.1) is 0 Å². The van der Waals surface area contributed by atoms with Crippen LogP contribution in [-0.4, -0.2) is 4.98 Å². The summed E-state index contributed by atoms with van der Waals surface area (Å²) in [5, 5.41) is 3.22. The number of aromatic nitrogens is 1. The van der Waals surface area contributed by atoms with Gasteiger partial charge in [0.25, 0.3) is 0 Å². The largest absolute Gasteiger partial charge is 0.452 e. The number of furan rings is 1. The Morgan fingerprint density at radius 2 is 2.13 bits per heavy atom. The molecule has 0 aliphatic heterocycles. The molecule has 0 fully saturated rings. The zero-order valence-electron chi connectivity index (χ0n) is 7.71. The number of pyridine rings is 1. The molecular weight excluding hydrogens is 324 g/mol. The van der Waals surface area contributed by atoms with Crippen LogP contribution in [0.2, 0.25) is 0 Å². The van der Waals surface area contributed by atoms with E-state index in [9.17, 15) is 0 Å². The lowest BCUT2D eigenvalue weighted by Gasteiger charge is -2.05. The van der Waals surface area contributed by atoms with Crippen LogP contribution in [0.4, 0.5) is 5.69 Å². The second-order valence-electron chi connectivity index (χ2n) is 2.90. The highest BCUT2D eigenvalue weighted by Crippen LogP contribution is 2.20. The van der Waals surface area contributed by atoms with Crippen molar-refractivity contribution in [2.45, 2.75) is 6.54 Å². The van der Waals surface area contributed by atoms with Crippen LogP contribution >= 0.6 is 31.9 Å². The van der Waals surface area contributed by atoms with Crippen LogP contribution in [-0.2, 0) is 6.54 Å². The Kier molecular flexibility index (Phi) is 3.43. The number of hydrogen-bond acceptors (Lipinski definition) is 3. The van der Waals surface area contributed by atoms with E-state index in [2.05, 4.69) is 42.2 Å². The summed E-state index contributed by atoms with van der Waals surface area (Å²) < 4.78 is 6.91. The molecule has 3 nitrogen and oxygen atoms in total. The van der Waals surface area contributed by atoms with E-state index in [0.29, 0.717) is 6.54 Å². The van der Waals surface area contributed by atoms with E-state index < -0.39 is 0 Å². The number of nitrogens with one attached hydrogen (secondary N) is 1. The van der Waals surface area contributed by atoms with Crippen LogP contribution in [0.3, 0.4) is 0 Å². The second kappa shape index (κ2) is 4.81. The van der Waals surface area contributed by atoms with Crippen molar-refractivity contribution in [1.29, 1.82) is 0 Å². The Bertz CT molecular complexity index is 456. The summed E-state index contributed by atoms with van der Waals surface area (Å²) in [4.78, 5) is 4.11. The third-order valence-corrected chi connectivity index (χ3v) is 2.90. The summed E-state index contributed by atoms with van der Waals surface area (Å²) >= 11 is 6.62. The van der Waals surface area contributed by atoms with Gasteiger partial charge in [-0.05, 0) is 56.1 Å². The highest BCUT2D eigenvalue weighted by molar-refractivity contribution is 9.10. The molecule has 1 N–H and O–H groups in total. The summed E-state index contributed by atoms with van der Waals surface area (Å²) in [6.45, 7) is 0.635. The molecule has 0 aromatic carbocycles. The molecule has 0 saturated carbocycles. The maximum absolute atomic E-state index is 5.36. The molecule has 0 spiro atoms. The normalized spacial score (nSPS) is 10.3. The number of hydrogen-bond donors (Lipinski definition) is 1. The van der Waals surface area contributed by atoms with Gasteiger partial charge in [0.2, 0.25) is 0 Å². The molecule has 78 valence electrons. The fraction of sp³-hybridized carbons (Fsp3) is 0.100. The lowest BCUT2D eigenvalue weighted by atomic mass is 10.4. The van der Waals surface area contributed by atoms with Crippen LogP contribution < -0.4 is 5.32 Å². The number of halogens is 2. The van der Waals surface area contributed by atoms with E-state index in [4.69, 9.17) is 4.42 Å². The third-order valence-electron chi connectivity index (χ3n) is 1.84. The zero-order valence-corrected chi connectivity index (χ0v) is 10.9. The van der Waals surface area contributed by atoms with Crippen molar-refractivity contribution in [3.8, 4) is 0 Å². The predicted octanol–water partition coefficient (Wildman–Crippen LogP) is 3.81. The Morgan fingerprint density at radius 3 is 2.80 bits per heavy atom. The van der Waals surface area contributed by atoms with E-state index >= 15 is 0 Å². The van der Waals surface area contributed by atoms with Gasteiger partial charge in [0.1, 0.15) is 10.4 Å². The van der Waals surface area contributed by atoms with E-state index in [-0.39, 0.29) is 0 Å². The Labute approximate surface area is 104 Å². The lowest BCUT2D eigenvalue weighted by molar-refractivity contribution is 0.495. The molecule has 0 unspecified atom stereocenters. The maximum atomic E-state index is 5.36. The standard InChI is InChI=1S/C10H8Br2N2O/c11-9-4-3-7(15-9)6-14-8-2-1-5-13-10(8)12/h1-5,14H,6H2. The molecule has 0 atom stereocenters. The van der Waals surface area contributed by atoms with Crippen molar-refractivity contribution < 1.29 is 4.42 Å². The zero-order chi connectivity index (χ0) is 10.7. The highest BCUT2D eigenvalue weighted by atomic mass is 79.9. The first-order chi connectivity index (χ1) is 7.25. The summed E-state index contributed by atoms with van der Waals surface area (Å²) in [5.74, 6) is 0.873. The Hall–Kier alpha value is -0.810. The first kappa shape index (κ1) is 10.7. The molecule has 2 rings (SSSR count). The van der Waals surface area contributed by atoms with E-state index in [0.717, 1.165) is 20.7 Å². The first-order valence-electron chi connectivity index (χ1n) is 4.34. The minimum Gasteiger partial charge on any atom is -0.452 e.